The first-order valence-electron chi connectivity index (χ1n) is 14.0. The molecule has 0 saturated carbocycles. The second kappa shape index (κ2) is 21.6. The van der Waals surface area contributed by atoms with Gasteiger partial charge in [0.25, 0.3) is 0 Å². The summed E-state index contributed by atoms with van der Waals surface area (Å²) in [6.07, 6.45) is 26.9. The van der Waals surface area contributed by atoms with Gasteiger partial charge in [0.2, 0.25) is 0 Å². The maximum absolute atomic E-state index is 5.63. The number of hydrogen-bond acceptors (Lipinski definition) is 3. The van der Waals surface area contributed by atoms with Crippen LogP contribution < -0.4 is 5.73 Å². The largest absolute Gasteiger partial charge is 0.500 e. The molecule has 0 aromatic rings. The fourth-order valence-electron chi connectivity index (χ4n) is 4.88. The van der Waals surface area contributed by atoms with Crippen LogP contribution in [0.15, 0.2) is 0 Å². The molecule has 0 rings (SSSR count). The van der Waals surface area contributed by atoms with Crippen LogP contribution in [0.5, 0.6) is 0 Å². The molecule has 32 heavy (non-hydrogen) atoms. The first-order valence-corrected chi connectivity index (χ1v) is 16.0. The molecule has 0 saturated heterocycles. The molecule has 0 atom stereocenters. The zero-order valence-corrected chi connectivity index (χ0v) is 23.8. The van der Waals surface area contributed by atoms with E-state index in [1.165, 1.54) is 116 Å². The van der Waals surface area contributed by atoms with Crippen molar-refractivity contribution < 1.29 is 19.0 Å². The Balaban J connectivity index is 4.37. The van der Waals surface area contributed by atoms with Crippen LogP contribution in [-0.4, -0.2) is 35.7 Å². The first kappa shape index (κ1) is 32.1. The molecule has 194 valence electrons. The summed E-state index contributed by atoms with van der Waals surface area (Å²) in [6.45, 7) is 4.58. The second-order valence-electron chi connectivity index (χ2n) is 10.1. The van der Waals surface area contributed by atoms with Crippen molar-refractivity contribution in [2.75, 3.05) is 21.3 Å². The molecule has 0 radical (unpaired) electrons. The minimum atomic E-state index is -2.47. The molecule has 4 nitrogen and oxygen atoms in total. The summed E-state index contributed by atoms with van der Waals surface area (Å²) in [5.74, 6) is 0. The molecular weight excluding hydrogens is 414 g/mol. The third-order valence-electron chi connectivity index (χ3n) is 7.24. The van der Waals surface area contributed by atoms with Gasteiger partial charge in [-0.05, 0) is 19.3 Å². The van der Waals surface area contributed by atoms with Crippen molar-refractivity contribution >= 4 is 8.80 Å². The van der Waals surface area contributed by atoms with Crippen LogP contribution >= 0.6 is 0 Å². The lowest BCUT2D eigenvalue weighted by molar-refractivity contribution is -0.484. The zero-order valence-electron chi connectivity index (χ0n) is 22.8. The SMILES string of the molecule is CCCCCCCCCCC([NH3+])(CCCCCCCCCC)CCC[Si](OC)(OC)OC. The van der Waals surface area contributed by atoms with Gasteiger partial charge in [-0.25, -0.2) is 0 Å². The molecule has 0 spiro atoms. The van der Waals surface area contributed by atoms with Gasteiger partial charge in [-0.2, -0.15) is 0 Å². The number of quaternary nitrogens is 1. The Morgan fingerprint density at radius 2 is 0.812 bits per heavy atom. The maximum Gasteiger partial charge on any atom is 0.500 e. The second-order valence-corrected chi connectivity index (χ2v) is 13.2. The van der Waals surface area contributed by atoms with Crippen molar-refractivity contribution in [3.8, 4) is 0 Å². The summed E-state index contributed by atoms with van der Waals surface area (Å²) in [6, 6.07) is 0.891. The lowest BCUT2D eigenvalue weighted by Gasteiger charge is -2.29. The predicted octanol–water partition coefficient (Wildman–Crippen LogP) is 7.69. The van der Waals surface area contributed by atoms with Crippen LogP contribution in [-0.2, 0) is 13.3 Å². The van der Waals surface area contributed by atoms with Crippen LogP contribution in [0.2, 0.25) is 6.04 Å². The molecule has 0 aromatic heterocycles. The Labute approximate surface area is 203 Å². The van der Waals surface area contributed by atoms with Gasteiger partial charge in [0, 0.05) is 46.6 Å². The molecule has 0 heterocycles. The van der Waals surface area contributed by atoms with Crippen molar-refractivity contribution in [1.29, 1.82) is 0 Å². The van der Waals surface area contributed by atoms with Gasteiger partial charge in [0.05, 0.1) is 5.54 Å². The molecule has 0 aliphatic carbocycles. The number of rotatable bonds is 25. The Kier molecular flexibility index (Phi) is 21.6. The van der Waals surface area contributed by atoms with Gasteiger partial charge in [-0.3, -0.25) is 0 Å². The Morgan fingerprint density at radius 1 is 0.500 bits per heavy atom. The summed E-state index contributed by atoms with van der Waals surface area (Å²) in [5, 5.41) is 0. The highest BCUT2D eigenvalue weighted by Crippen LogP contribution is 2.27. The van der Waals surface area contributed by atoms with Gasteiger partial charge in [-0.1, -0.05) is 104 Å². The average molecular weight is 475 g/mol. The number of hydrogen-bond donors (Lipinski definition) is 1. The zero-order chi connectivity index (χ0) is 24.0. The van der Waals surface area contributed by atoms with Gasteiger partial charge in [0.1, 0.15) is 0 Å². The lowest BCUT2D eigenvalue weighted by atomic mass is 9.83. The summed E-state index contributed by atoms with van der Waals surface area (Å²) >= 11 is 0. The van der Waals surface area contributed by atoms with E-state index in [0.29, 0.717) is 0 Å². The lowest BCUT2D eigenvalue weighted by Crippen LogP contribution is -2.72. The van der Waals surface area contributed by atoms with E-state index in [1.54, 1.807) is 21.3 Å². The van der Waals surface area contributed by atoms with Crippen molar-refractivity contribution in [3.63, 3.8) is 0 Å². The molecule has 0 aliphatic heterocycles. The molecule has 0 fully saturated rings. The molecule has 0 bridgehead atoms. The topological polar surface area (TPSA) is 55.3 Å². The highest BCUT2D eigenvalue weighted by molar-refractivity contribution is 6.60. The van der Waals surface area contributed by atoms with E-state index in [4.69, 9.17) is 19.0 Å². The maximum atomic E-state index is 5.63. The van der Waals surface area contributed by atoms with Crippen LogP contribution in [0.3, 0.4) is 0 Å². The number of unbranched alkanes of at least 4 members (excludes halogenated alkanes) is 14. The van der Waals surface area contributed by atoms with Gasteiger partial charge in [0.15, 0.2) is 0 Å². The summed E-state index contributed by atoms with van der Waals surface area (Å²) < 4.78 is 16.9. The van der Waals surface area contributed by atoms with Crippen LogP contribution in [0, 0.1) is 0 Å². The van der Waals surface area contributed by atoms with Gasteiger partial charge < -0.3 is 19.0 Å². The van der Waals surface area contributed by atoms with Gasteiger partial charge in [-0.15, -0.1) is 0 Å². The quantitative estimate of drug-likeness (QED) is 0.109. The Hall–Kier alpha value is 0.0569. The third-order valence-corrected chi connectivity index (χ3v) is 10.1. The Morgan fingerprint density at radius 3 is 1.16 bits per heavy atom. The smallest absolute Gasteiger partial charge is 0.377 e. The molecule has 0 unspecified atom stereocenters. The first-order chi connectivity index (χ1) is 15.5. The van der Waals surface area contributed by atoms with E-state index in [0.717, 1.165) is 18.9 Å². The normalized spacial score (nSPS) is 12.6. The van der Waals surface area contributed by atoms with Crippen molar-refractivity contribution in [2.45, 2.75) is 154 Å². The standard InChI is InChI=1S/C27H59NO3Si/c1-6-8-10-12-14-16-18-20-23-27(28,24-21-19-17-15-13-11-9-7-2)25-22-26-32(29-3,30-4)31-5/h6-26,28H2,1-5H3/p+1. The average Bonchev–Trinajstić information content (AvgIpc) is 2.81. The molecule has 0 amide bonds. The Bertz CT molecular complexity index is 363. The van der Waals surface area contributed by atoms with E-state index < -0.39 is 8.80 Å². The molecule has 0 aromatic carbocycles. The van der Waals surface area contributed by atoms with Crippen LogP contribution in [0.1, 0.15) is 142 Å². The van der Waals surface area contributed by atoms with E-state index >= 15 is 0 Å². The molecule has 0 aliphatic rings. The highest BCUT2D eigenvalue weighted by atomic mass is 28.4. The van der Waals surface area contributed by atoms with Crippen molar-refractivity contribution in [1.82, 2.24) is 0 Å². The molecular formula is C27H60NO3Si+. The summed E-state index contributed by atoms with van der Waals surface area (Å²) in [4.78, 5) is 0. The van der Waals surface area contributed by atoms with Gasteiger partial charge >= 0.3 is 8.80 Å². The highest BCUT2D eigenvalue weighted by Gasteiger charge is 2.38. The summed E-state index contributed by atoms with van der Waals surface area (Å²) in [7, 11) is 2.69. The van der Waals surface area contributed by atoms with Crippen molar-refractivity contribution in [3.05, 3.63) is 0 Å². The fraction of sp³-hybridized carbons (Fsp3) is 1.00. The van der Waals surface area contributed by atoms with Crippen molar-refractivity contribution in [2.24, 2.45) is 0 Å². The van der Waals surface area contributed by atoms with E-state index in [9.17, 15) is 0 Å². The minimum absolute atomic E-state index is 0.208. The molecule has 5 heteroatoms. The fourth-order valence-corrected chi connectivity index (χ4v) is 6.60. The van der Waals surface area contributed by atoms with E-state index in [1.807, 2.05) is 0 Å². The van der Waals surface area contributed by atoms with E-state index in [-0.39, 0.29) is 5.54 Å². The third kappa shape index (κ3) is 16.6. The van der Waals surface area contributed by atoms with E-state index in [2.05, 4.69) is 13.8 Å². The summed E-state index contributed by atoms with van der Waals surface area (Å²) in [5.41, 5.74) is 4.98. The predicted molar refractivity (Wildman–Crippen MR) is 141 cm³/mol. The molecule has 3 N–H and O–H groups in total. The monoisotopic (exact) mass is 474 g/mol. The van der Waals surface area contributed by atoms with Crippen LogP contribution in [0.4, 0.5) is 0 Å². The minimum Gasteiger partial charge on any atom is -0.377 e. The van der Waals surface area contributed by atoms with Crippen LogP contribution in [0.25, 0.3) is 0 Å².